The summed E-state index contributed by atoms with van der Waals surface area (Å²) in [5.74, 6) is -2.30. The molecule has 2 heterocycles. The maximum atomic E-state index is 14.3. The normalized spacial score (nSPS) is 15.4. The van der Waals surface area contributed by atoms with E-state index in [9.17, 15) is 21.6 Å². The van der Waals surface area contributed by atoms with Gasteiger partial charge in [0.1, 0.15) is 17.8 Å². The lowest BCUT2D eigenvalue weighted by Crippen LogP contribution is -2.42. The number of halogens is 3. The molecule has 1 aliphatic heterocycles. The number of benzene rings is 3. The van der Waals surface area contributed by atoms with Gasteiger partial charge in [0, 0.05) is 11.3 Å². The van der Waals surface area contributed by atoms with Crippen molar-refractivity contribution in [2.24, 2.45) is 0 Å². The Bertz CT molecular complexity index is 1590. The highest BCUT2D eigenvalue weighted by Crippen LogP contribution is 2.39. The number of nitrogens with zero attached hydrogens (tertiary/aromatic N) is 1. The van der Waals surface area contributed by atoms with E-state index in [0.717, 1.165) is 18.4 Å². The summed E-state index contributed by atoms with van der Waals surface area (Å²) >= 11 is 0. The highest BCUT2D eigenvalue weighted by molar-refractivity contribution is 7.92. The summed E-state index contributed by atoms with van der Waals surface area (Å²) in [5, 5.41) is 12.0. The summed E-state index contributed by atoms with van der Waals surface area (Å²) < 4.78 is 73.3. The molecule has 0 fully saturated rings. The second-order valence-electron chi connectivity index (χ2n) is 8.19. The van der Waals surface area contributed by atoms with Crippen LogP contribution in [0.1, 0.15) is 17.3 Å². The van der Waals surface area contributed by atoms with Gasteiger partial charge in [0.05, 0.1) is 23.8 Å². The molecule has 0 radical (unpaired) electrons. The average molecular weight is 513 g/mol. The van der Waals surface area contributed by atoms with Crippen LogP contribution in [0.4, 0.5) is 30.4 Å². The van der Waals surface area contributed by atoms with E-state index in [4.69, 9.17) is 9.83 Å². The molecule has 3 aromatic carbocycles. The molecule has 184 valence electrons. The van der Waals surface area contributed by atoms with Gasteiger partial charge in [-0.2, -0.15) is 0 Å². The molecular weight excluding hydrogens is 493 g/mol. The summed E-state index contributed by atoms with van der Waals surface area (Å²) in [4.78, 5) is 1.60. The molecule has 0 spiro atoms. The van der Waals surface area contributed by atoms with Gasteiger partial charge in [-0.1, -0.05) is 30.3 Å². The molecule has 7 nitrogen and oxygen atoms in total. The van der Waals surface area contributed by atoms with Gasteiger partial charge in [-0.05, 0) is 47.5 Å². The van der Waals surface area contributed by atoms with Gasteiger partial charge in [0.2, 0.25) is 15.9 Å². The number of rotatable bonds is 5. The number of amidine groups is 1. The lowest BCUT2D eigenvalue weighted by Gasteiger charge is -2.38. The highest BCUT2D eigenvalue weighted by Gasteiger charge is 2.34. The van der Waals surface area contributed by atoms with Crippen LogP contribution in [-0.2, 0) is 10.0 Å². The topological polar surface area (TPSA) is 98.4 Å². The summed E-state index contributed by atoms with van der Waals surface area (Å²) in [7, 11) is -3.74. The van der Waals surface area contributed by atoms with E-state index in [-0.39, 0.29) is 17.1 Å². The lowest BCUT2D eigenvalue weighted by atomic mass is 10.0. The van der Waals surface area contributed by atoms with Crippen molar-refractivity contribution in [2.45, 2.75) is 6.17 Å². The van der Waals surface area contributed by atoms with Crippen LogP contribution in [0.2, 0.25) is 0 Å². The van der Waals surface area contributed by atoms with Crippen molar-refractivity contribution in [2.75, 3.05) is 21.2 Å². The molecule has 0 saturated heterocycles. The third kappa shape index (κ3) is 4.29. The van der Waals surface area contributed by atoms with Crippen LogP contribution in [-0.4, -0.2) is 20.5 Å². The molecule has 1 aromatic heterocycles. The molecule has 36 heavy (non-hydrogen) atoms. The molecule has 0 amide bonds. The minimum absolute atomic E-state index is 0.0640. The quantitative estimate of drug-likeness (QED) is 0.319. The molecule has 1 unspecified atom stereocenters. The summed E-state index contributed by atoms with van der Waals surface area (Å²) in [6.45, 7) is 0. The van der Waals surface area contributed by atoms with Gasteiger partial charge in [0.15, 0.2) is 11.6 Å². The molecule has 3 N–H and O–H groups in total. The van der Waals surface area contributed by atoms with Crippen molar-refractivity contribution >= 4 is 33.1 Å². The fraction of sp³-hybridized carbons (Fsp3) is 0.0800. The first-order valence-corrected chi connectivity index (χ1v) is 12.6. The Morgan fingerprint density at radius 3 is 2.44 bits per heavy atom. The van der Waals surface area contributed by atoms with Gasteiger partial charge in [-0.25, -0.2) is 21.6 Å². The number of hydrogen-bond acceptors (Lipinski definition) is 5. The SMILES string of the molecule is CS(=O)(=O)Nc1cc(C2Nc3occc3C(=N)N2c2ccc(-c3cccc(F)c3F)cc2)ccc1F. The minimum Gasteiger partial charge on any atom is -0.448 e. The van der Waals surface area contributed by atoms with Crippen LogP contribution >= 0.6 is 0 Å². The van der Waals surface area contributed by atoms with Gasteiger partial charge in [0.25, 0.3) is 0 Å². The number of sulfonamides is 1. The van der Waals surface area contributed by atoms with Crippen molar-refractivity contribution in [1.29, 1.82) is 5.41 Å². The number of furan rings is 1. The van der Waals surface area contributed by atoms with Crippen LogP contribution in [0.25, 0.3) is 11.1 Å². The number of hydrogen-bond donors (Lipinski definition) is 3. The van der Waals surface area contributed by atoms with E-state index in [1.165, 1.54) is 30.5 Å². The minimum atomic E-state index is -3.74. The Balaban J connectivity index is 1.58. The van der Waals surface area contributed by atoms with Gasteiger partial charge in [-0.15, -0.1) is 0 Å². The molecule has 0 aliphatic carbocycles. The van der Waals surface area contributed by atoms with Gasteiger partial charge < -0.3 is 14.6 Å². The first kappa shape index (κ1) is 23.5. The maximum Gasteiger partial charge on any atom is 0.229 e. The van der Waals surface area contributed by atoms with Crippen molar-refractivity contribution in [3.05, 3.63) is 102 Å². The molecule has 0 bridgehead atoms. The zero-order valence-corrected chi connectivity index (χ0v) is 19.5. The molecule has 1 aliphatic rings. The second kappa shape index (κ2) is 8.76. The van der Waals surface area contributed by atoms with Crippen LogP contribution < -0.4 is 14.9 Å². The Morgan fingerprint density at radius 1 is 0.972 bits per heavy atom. The first-order valence-electron chi connectivity index (χ1n) is 10.7. The summed E-state index contributed by atoms with van der Waals surface area (Å²) in [6.07, 6.45) is 1.55. The summed E-state index contributed by atoms with van der Waals surface area (Å²) in [5.41, 5.74) is 1.72. The lowest BCUT2D eigenvalue weighted by molar-refractivity contribution is 0.511. The van der Waals surface area contributed by atoms with Crippen LogP contribution in [0.5, 0.6) is 0 Å². The third-order valence-electron chi connectivity index (χ3n) is 5.70. The van der Waals surface area contributed by atoms with E-state index in [2.05, 4.69) is 10.0 Å². The van der Waals surface area contributed by atoms with Crippen molar-refractivity contribution in [3.63, 3.8) is 0 Å². The van der Waals surface area contributed by atoms with Crippen LogP contribution in [0, 0.1) is 22.9 Å². The smallest absolute Gasteiger partial charge is 0.229 e. The average Bonchev–Trinajstić information content (AvgIpc) is 3.31. The highest BCUT2D eigenvalue weighted by atomic mass is 32.2. The van der Waals surface area contributed by atoms with Crippen molar-refractivity contribution in [3.8, 4) is 11.1 Å². The van der Waals surface area contributed by atoms with Gasteiger partial charge >= 0.3 is 0 Å². The van der Waals surface area contributed by atoms with Crippen LogP contribution in [0.15, 0.2) is 77.4 Å². The molecule has 5 rings (SSSR count). The predicted octanol–water partition coefficient (Wildman–Crippen LogP) is 5.69. The van der Waals surface area contributed by atoms with E-state index in [0.29, 0.717) is 28.3 Å². The molecule has 11 heteroatoms. The van der Waals surface area contributed by atoms with Crippen molar-refractivity contribution < 1.29 is 26.0 Å². The first-order chi connectivity index (χ1) is 17.1. The number of anilines is 3. The van der Waals surface area contributed by atoms with E-state index in [1.54, 1.807) is 35.2 Å². The third-order valence-corrected chi connectivity index (χ3v) is 6.29. The fourth-order valence-electron chi connectivity index (χ4n) is 4.08. The largest absolute Gasteiger partial charge is 0.448 e. The van der Waals surface area contributed by atoms with E-state index < -0.39 is 33.6 Å². The van der Waals surface area contributed by atoms with Gasteiger partial charge in [-0.3, -0.25) is 10.1 Å². The van der Waals surface area contributed by atoms with Crippen molar-refractivity contribution in [1.82, 2.24) is 0 Å². The van der Waals surface area contributed by atoms with Crippen LogP contribution in [0.3, 0.4) is 0 Å². The summed E-state index contributed by atoms with van der Waals surface area (Å²) in [6, 6.07) is 16.0. The van der Waals surface area contributed by atoms with E-state index >= 15 is 0 Å². The monoisotopic (exact) mass is 512 g/mol. The number of fused-ring (bicyclic) bond motifs is 1. The molecule has 4 aromatic rings. The Hall–Kier alpha value is -4.25. The fourth-order valence-corrected chi connectivity index (χ4v) is 4.64. The Morgan fingerprint density at radius 2 is 1.72 bits per heavy atom. The molecule has 1 atom stereocenters. The zero-order valence-electron chi connectivity index (χ0n) is 18.7. The molecule has 0 saturated carbocycles. The molecular formula is C25H19F3N4O3S. The standard InChI is InChI=1S/C25H19F3N4O3S/c1-36(33,34)31-21-13-15(7-10-19(21)26)24-30-25-18(11-12-35-25)23(29)32(24)16-8-5-14(6-9-16)17-3-2-4-20(27)22(17)28/h2-13,24,29-31H,1H3. The number of nitrogens with one attached hydrogen (secondary N) is 3. The second-order valence-corrected chi connectivity index (χ2v) is 9.94. The van der Waals surface area contributed by atoms with E-state index in [1.807, 2.05) is 0 Å². The Labute approximate surface area is 204 Å². The Kier molecular flexibility index (Phi) is 5.71. The zero-order chi connectivity index (χ0) is 25.6. The maximum absolute atomic E-state index is 14.3. The predicted molar refractivity (Wildman–Crippen MR) is 131 cm³/mol.